The summed E-state index contributed by atoms with van der Waals surface area (Å²) in [5.74, 6) is 6.91. The first kappa shape index (κ1) is 35.2. The van der Waals surface area contributed by atoms with E-state index in [0.717, 1.165) is 19.3 Å². The first-order valence-electron chi connectivity index (χ1n) is 15.1. The molecule has 2 aromatic rings. The molecule has 2 heterocycles. The summed E-state index contributed by atoms with van der Waals surface area (Å²) in [5.41, 5.74) is 7.03. The molecular formula is C30H52N5O5P. The molecule has 0 aliphatic heterocycles. The fourth-order valence-corrected chi connectivity index (χ4v) is 5.18. The number of hydrogen-bond acceptors (Lipinski definition) is 8. The van der Waals surface area contributed by atoms with Gasteiger partial charge in [-0.3, -0.25) is 4.57 Å². The number of anilines is 1. The van der Waals surface area contributed by atoms with Crippen molar-refractivity contribution in [2.24, 2.45) is 5.41 Å². The lowest BCUT2D eigenvalue weighted by Crippen LogP contribution is -2.18. The fourth-order valence-electron chi connectivity index (χ4n) is 4.30. The van der Waals surface area contributed by atoms with Crippen LogP contribution in [0.25, 0.3) is 11.2 Å². The number of unbranched alkanes of at least 4 members (excludes halogenated alkanes) is 11. The second-order valence-electron chi connectivity index (χ2n) is 11.7. The summed E-state index contributed by atoms with van der Waals surface area (Å²) < 4.78 is 30.3. The summed E-state index contributed by atoms with van der Waals surface area (Å²) in [6.07, 6.45) is 17.0. The van der Waals surface area contributed by atoms with Gasteiger partial charge in [-0.25, -0.2) is 15.0 Å². The van der Waals surface area contributed by atoms with Crippen LogP contribution < -0.4 is 5.73 Å². The topological polar surface area (TPSA) is 135 Å². The highest BCUT2D eigenvalue weighted by Crippen LogP contribution is 2.41. The molecule has 0 spiro atoms. The molecule has 232 valence electrons. The zero-order valence-electron chi connectivity index (χ0n) is 25.6. The molecule has 0 aliphatic carbocycles. The van der Waals surface area contributed by atoms with Gasteiger partial charge in [0.05, 0.1) is 32.2 Å². The number of nitrogen functional groups attached to an aromatic ring is 1. The summed E-state index contributed by atoms with van der Waals surface area (Å²) in [4.78, 5) is 22.4. The van der Waals surface area contributed by atoms with Gasteiger partial charge in [-0.2, -0.15) is 0 Å². The maximum absolute atomic E-state index is 12.3. The van der Waals surface area contributed by atoms with Crippen molar-refractivity contribution < 1.29 is 23.5 Å². The number of aromatic nitrogens is 4. The number of hydrogen-bond donors (Lipinski definition) is 2. The van der Waals surface area contributed by atoms with Crippen LogP contribution in [-0.4, -0.2) is 56.7 Å². The van der Waals surface area contributed by atoms with E-state index >= 15 is 0 Å². The number of nitrogens with zero attached hydrogens (tertiary/aromatic N) is 4. The lowest BCUT2D eigenvalue weighted by Gasteiger charge is -2.17. The van der Waals surface area contributed by atoms with Crippen molar-refractivity contribution in [1.29, 1.82) is 0 Å². The van der Waals surface area contributed by atoms with Gasteiger partial charge in [-0.15, -0.1) is 5.92 Å². The van der Waals surface area contributed by atoms with Gasteiger partial charge in [0.15, 0.2) is 11.5 Å². The van der Waals surface area contributed by atoms with Gasteiger partial charge in [0.2, 0.25) is 0 Å². The third-order valence-corrected chi connectivity index (χ3v) is 7.54. The molecule has 3 N–H and O–H groups in total. The number of rotatable bonds is 22. The quantitative estimate of drug-likeness (QED) is 0.0866. The molecule has 41 heavy (non-hydrogen) atoms. The zero-order valence-corrected chi connectivity index (χ0v) is 26.5. The van der Waals surface area contributed by atoms with E-state index in [1.807, 2.05) is 0 Å². The summed E-state index contributed by atoms with van der Waals surface area (Å²) in [7, 11) is -3.87. The Morgan fingerprint density at radius 2 is 1.59 bits per heavy atom. The monoisotopic (exact) mass is 593 g/mol. The Balaban J connectivity index is 1.37. The molecule has 0 radical (unpaired) electrons. The van der Waals surface area contributed by atoms with E-state index in [4.69, 9.17) is 19.7 Å². The van der Waals surface area contributed by atoms with E-state index in [1.54, 1.807) is 17.8 Å². The van der Waals surface area contributed by atoms with Crippen molar-refractivity contribution in [2.45, 2.75) is 117 Å². The first-order valence-corrected chi connectivity index (χ1v) is 16.9. The van der Waals surface area contributed by atoms with Crippen molar-refractivity contribution in [3.63, 3.8) is 0 Å². The molecule has 1 unspecified atom stereocenters. The molecule has 0 aromatic carbocycles. The maximum atomic E-state index is 12.3. The van der Waals surface area contributed by atoms with Crippen LogP contribution in [0.5, 0.6) is 0 Å². The largest absolute Gasteiger partial charge is 0.382 e. The molecule has 2 atom stereocenters. The van der Waals surface area contributed by atoms with E-state index in [0.29, 0.717) is 30.1 Å². The van der Waals surface area contributed by atoms with E-state index in [-0.39, 0.29) is 24.7 Å². The van der Waals surface area contributed by atoms with Crippen LogP contribution in [0.2, 0.25) is 0 Å². The average molecular weight is 594 g/mol. The van der Waals surface area contributed by atoms with Crippen molar-refractivity contribution in [2.75, 3.05) is 31.9 Å². The van der Waals surface area contributed by atoms with Crippen molar-refractivity contribution in [3.05, 3.63) is 12.7 Å². The van der Waals surface area contributed by atoms with E-state index in [1.165, 1.54) is 64.1 Å². The number of nitrogens with two attached hydrogens (primary N) is 1. The zero-order chi connectivity index (χ0) is 30.0. The Labute approximate surface area is 246 Å². The summed E-state index contributed by atoms with van der Waals surface area (Å²) in [5, 5.41) is 0. The molecule has 11 heteroatoms. The van der Waals surface area contributed by atoms with Gasteiger partial charge >= 0.3 is 7.60 Å². The van der Waals surface area contributed by atoms with E-state index < -0.39 is 13.9 Å². The third kappa shape index (κ3) is 16.3. The first-order chi connectivity index (χ1) is 19.6. The van der Waals surface area contributed by atoms with Gasteiger partial charge in [0.25, 0.3) is 0 Å². The van der Waals surface area contributed by atoms with Crippen LogP contribution in [0.3, 0.4) is 0 Å². The third-order valence-electron chi connectivity index (χ3n) is 6.48. The minimum absolute atomic E-state index is 0.0538. The van der Waals surface area contributed by atoms with Gasteiger partial charge in [0.1, 0.15) is 18.2 Å². The Morgan fingerprint density at radius 3 is 2.24 bits per heavy atom. The van der Waals surface area contributed by atoms with Crippen molar-refractivity contribution in [1.82, 2.24) is 19.5 Å². The number of imidazole rings is 1. The molecule has 0 saturated carbocycles. The van der Waals surface area contributed by atoms with Gasteiger partial charge in [-0.05, 0) is 40.5 Å². The van der Waals surface area contributed by atoms with Crippen LogP contribution in [-0.2, 0) is 25.1 Å². The Morgan fingerprint density at radius 1 is 0.951 bits per heavy atom. The molecule has 0 amide bonds. The smallest absolute Gasteiger partial charge is 0.353 e. The van der Waals surface area contributed by atoms with Gasteiger partial charge < -0.3 is 29.2 Å². The summed E-state index contributed by atoms with van der Waals surface area (Å²) in [6.45, 7) is 9.64. The molecular weight excluding hydrogens is 541 g/mol. The highest BCUT2D eigenvalue weighted by Gasteiger charge is 2.21. The molecule has 2 aromatic heterocycles. The predicted octanol–water partition coefficient (Wildman–Crippen LogP) is 6.72. The Bertz CT molecular complexity index is 1110. The van der Waals surface area contributed by atoms with Crippen LogP contribution in [0, 0.1) is 17.3 Å². The number of ether oxygens (including phenoxy) is 2. The van der Waals surface area contributed by atoms with E-state index in [9.17, 15) is 9.46 Å². The van der Waals surface area contributed by atoms with Gasteiger partial charge in [-0.1, -0.05) is 63.7 Å². The molecule has 0 saturated heterocycles. The predicted molar refractivity (Wildman–Crippen MR) is 164 cm³/mol. The van der Waals surface area contributed by atoms with Crippen LogP contribution in [0.4, 0.5) is 5.82 Å². The minimum atomic E-state index is -3.87. The normalized spacial score (nSPS) is 14.1. The van der Waals surface area contributed by atoms with Crippen LogP contribution in [0.15, 0.2) is 12.7 Å². The van der Waals surface area contributed by atoms with Crippen LogP contribution in [0.1, 0.15) is 105 Å². The molecule has 0 fully saturated rings. The highest BCUT2D eigenvalue weighted by atomic mass is 31.2. The van der Waals surface area contributed by atoms with Crippen molar-refractivity contribution >= 4 is 24.6 Å². The second kappa shape index (κ2) is 19.2. The summed E-state index contributed by atoms with van der Waals surface area (Å²) in [6, 6.07) is 0. The second-order valence-corrected chi connectivity index (χ2v) is 13.5. The number of fused-ring (bicyclic) bond motifs is 1. The van der Waals surface area contributed by atoms with Crippen LogP contribution >= 0.6 is 7.60 Å². The Hall–Kier alpha value is -2.02. The Kier molecular flexibility index (Phi) is 16.5. The maximum Gasteiger partial charge on any atom is 0.353 e. The lowest BCUT2D eigenvalue weighted by atomic mass is 9.97. The molecule has 0 bridgehead atoms. The fraction of sp³-hybridized carbons (Fsp3) is 0.767. The summed E-state index contributed by atoms with van der Waals surface area (Å²) >= 11 is 0. The SMILES string of the molecule is C[C@H](Cn1cnc2c(N)ncnc21)OCP(=O)(O)OCCOCCCCCCCCCCCCCC#CC(C)(C)C. The molecule has 2 rings (SSSR count). The van der Waals surface area contributed by atoms with Crippen molar-refractivity contribution in [3.8, 4) is 11.8 Å². The highest BCUT2D eigenvalue weighted by molar-refractivity contribution is 7.52. The van der Waals surface area contributed by atoms with Gasteiger partial charge in [0, 0.05) is 18.4 Å². The molecule has 0 aliphatic rings. The van der Waals surface area contributed by atoms with E-state index in [2.05, 4.69) is 47.6 Å². The standard InChI is InChI=1S/C30H52N5O5P/c1-26(22-35-24-34-27-28(31)32-23-33-29(27)35)39-25-41(36,37)40-21-20-38-19-17-15-13-11-9-7-5-6-8-10-12-14-16-18-30(2,3)4/h23-24,26H,5-15,17,19-22,25H2,1-4H3,(H,36,37)(H2,31,32,33)/t26-/m1/s1. The lowest BCUT2D eigenvalue weighted by molar-refractivity contribution is 0.0610. The minimum Gasteiger partial charge on any atom is -0.382 e. The molecule has 10 nitrogen and oxygen atoms in total. The average Bonchev–Trinajstić information content (AvgIpc) is 3.32.